The second-order valence-electron chi connectivity index (χ2n) is 3.34. The van der Waals surface area contributed by atoms with E-state index in [0.29, 0.717) is 12.3 Å². The number of rotatable bonds is 6. The van der Waals surface area contributed by atoms with Gasteiger partial charge in [-0.3, -0.25) is 4.79 Å². The fourth-order valence-electron chi connectivity index (χ4n) is 1.40. The number of hydrogen-bond acceptors (Lipinski definition) is 5. The molecule has 5 heteroatoms. The van der Waals surface area contributed by atoms with Crippen LogP contribution in [0.15, 0.2) is 24.3 Å². The SMILES string of the molecule is COC(=O)[C@@H](SCCN)c1cccc(OC)c1. The van der Waals surface area contributed by atoms with Crippen molar-refractivity contribution in [3.05, 3.63) is 29.8 Å². The van der Waals surface area contributed by atoms with Crippen molar-refractivity contribution in [3.8, 4) is 5.75 Å². The molecule has 1 aromatic carbocycles. The van der Waals surface area contributed by atoms with Crippen LogP contribution < -0.4 is 10.5 Å². The molecule has 0 aliphatic heterocycles. The number of methoxy groups -OCH3 is 2. The molecular weight excluding hydrogens is 238 g/mol. The van der Waals surface area contributed by atoms with E-state index in [1.54, 1.807) is 7.11 Å². The number of ether oxygens (including phenoxy) is 2. The molecule has 17 heavy (non-hydrogen) atoms. The van der Waals surface area contributed by atoms with E-state index in [1.807, 2.05) is 24.3 Å². The Labute approximate surface area is 105 Å². The molecule has 0 bridgehead atoms. The van der Waals surface area contributed by atoms with Crippen LogP contribution in [0.2, 0.25) is 0 Å². The number of hydrogen-bond donors (Lipinski definition) is 1. The van der Waals surface area contributed by atoms with E-state index in [0.717, 1.165) is 11.3 Å². The molecule has 1 rings (SSSR count). The largest absolute Gasteiger partial charge is 0.497 e. The molecule has 0 spiro atoms. The van der Waals surface area contributed by atoms with E-state index in [2.05, 4.69) is 0 Å². The van der Waals surface area contributed by atoms with Gasteiger partial charge < -0.3 is 15.2 Å². The van der Waals surface area contributed by atoms with Crippen LogP contribution in [0.25, 0.3) is 0 Å². The molecule has 0 fully saturated rings. The Balaban J connectivity index is 2.90. The molecule has 1 aromatic rings. The second-order valence-corrected chi connectivity index (χ2v) is 4.55. The predicted molar refractivity (Wildman–Crippen MR) is 69.3 cm³/mol. The third kappa shape index (κ3) is 3.94. The highest BCUT2D eigenvalue weighted by molar-refractivity contribution is 8.00. The van der Waals surface area contributed by atoms with E-state index in [9.17, 15) is 4.79 Å². The van der Waals surface area contributed by atoms with Crippen molar-refractivity contribution in [3.63, 3.8) is 0 Å². The lowest BCUT2D eigenvalue weighted by atomic mass is 10.1. The molecular formula is C12H17NO3S. The Hall–Kier alpha value is -1.20. The van der Waals surface area contributed by atoms with E-state index < -0.39 is 0 Å². The number of thioether (sulfide) groups is 1. The monoisotopic (exact) mass is 255 g/mol. The summed E-state index contributed by atoms with van der Waals surface area (Å²) in [6, 6.07) is 7.41. The molecule has 0 amide bonds. The van der Waals surface area contributed by atoms with E-state index >= 15 is 0 Å². The summed E-state index contributed by atoms with van der Waals surface area (Å²) in [6.07, 6.45) is 0. The van der Waals surface area contributed by atoms with Gasteiger partial charge in [-0.2, -0.15) is 0 Å². The quantitative estimate of drug-likeness (QED) is 0.782. The summed E-state index contributed by atoms with van der Waals surface area (Å²) in [7, 11) is 2.98. The molecule has 0 aliphatic rings. The topological polar surface area (TPSA) is 61.5 Å². The number of nitrogens with two attached hydrogens (primary N) is 1. The van der Waals surface area contributed by atoms with Gasteiger partial charge in [-0.1, -0.05) is 12.1 Å². The van der Waals surface area contributed by atoms with Crippen LogP contribution in [-0.4, -0.2) is 32.5 Å². The van der Waals surface area contributed by atoms with Crippen LogP contribution in [0.4, 0.5) is 0 Å². The van der Waals surface area contributed by atoms with Gasteiger partial charge in [0.05, 0.1) is 14.2 Å². The van der Waals surface area contributed by atoms with Crippen LogP contribution in [-0.2, 0) is 9.53 Å². The minimum Gasteiger partial charge on any atom is -0.497 e. The Bertz CT molecular complexity index is 371. The normalized spacial score (nSPS) is 11.9. The van der Waals surface area contributed by atoms with Gasteiger partial charge in [0.15, 0.2) is 0 Å². The highest BCUT2D eigenvalue weighted by atomic mass is 32.2. The van der Waals surface area contributed by atoms with Crippen molar-refractivity contribution in [1.82, 2.24) is 0 Å². The Kier molecular flexibility index (Phi) is 5.86. The maximum Gasteiger partial charge on any atom is 0.323 e. The van der Waals surface area contributed by atoms with E-state index in [1.165, 1.54) is 18.9 Å². The third-order valence-corrected chi connectivity index (χ3v) is 3.48. The summed E-state index contributed by atoms with van der Waals surface area (Å²) < 4.78 is 9.93. The third-order valence-electron chi connectivity index (χ3n) is 2.21. The average Bonchev–Trinajstić information content (AvgIpc) is 2.39. The summed E-state index contributed by atoms with van der Waals surface area (Å²) in [5.41, 5.74) is 6.32. The molecule has 1 atom stereocenters. The van der Waals surface area contributed by atoms with Crippen molar-refractivity contribution < 1.29 is 14.3 Å². The lowest BCUT2D eigenvalue weighted by Gasteiger charge is -2.14. The zero-order chi connectivity index (χ0) is 12.7. The van der Waals surface area contributed by atoms with E-state index in [4.69, 9.17) is 15.2 Å². The smallest absolute Gasteiger partial charge is 0.323 e. The maximum absolute atomic E-state index is 11.7. The summed E-state index contributed by atoms with van der Waals surface area (Å²) in [6.45, 7) is 0.530. The van der Waals surface area contributed by atoms with Crippen molar-refractivity contribution >= 4 is 17.7 Å². The van der Waals surface area contributed by atoms with Gasteiger partial charge in [0.1, 0.15) is 11.0 Å². The zero-order valence-corrected chi connectivity index (χ0v) is 10.8. The van der Waals surface area contributed by atoms with Crippen LogP contribution >= 0.6 is 11.8 Å². The van der Waals surface area contributed by atoms with Gasteiger partial charge >= 0.3 is 5.97 Å². The first kappa shape index (κ1) is 13.9. The first-order valence-corrected chi connectivity index (χ1v) is 6.31. The molecule has 0 radical (unpaired) electrons. The van der Waals surface area contributed by atoms with Gasteiger partial charge in [-0.05, 0) is 17.7 Å². The number of carbonyl (C=O) groups is 1. The minimum atomic E-state index is -0.348. The van der Waals surface area contributed by atoms with Crippen molar-refractivity contribution in [2.24, 2.45) is 5.73 Å². The average molecular weight is 255 g/mol. The van der Waals surface area contributed by atoms with Gasteiger partial charge in [0, 0.05) is 12.3 Å². The Morgan fingerprint density at radius 2 is 2.24 bits per heavy atom. The van der Waals surface area contributed by atoms with Crippen LogP contribution in [0.3, 0.4) is 0 Å². The van der Waals surface area contributed by atoms with Gasteiger partial charge in [-0.15, -0.1) is 11.8 Å². The highest BCUT2D eigenvalue weighted by Crippen LogP contribution is 2.31. The van der Waals surface area contributed by atoms with Gasteiger partial charge in [0.25, 0.3) is 0 Å². The maximum atomic E-state index is 11.7. The van der Waals surface area contributed by atoms with Crippen molar-refractivity contribution in [2.45, 2.75) is 5.25 Å². The molecule has 94 valence electrons. The van der Waals surface area contributed by atoms with Crippen molar-refractivity contribution in [1.29, 1.82) is 0 Å². The van der Waals surface area contributed by atoms with Crippen LogP contribution in [0.1, 0.15) is 10.8 Å². The molecule has 0 aliphatic carbocycles. The molecule has 0 heterocycles. The van der Waals surface area contributed by atoms with E-state index in [-0.39, 0.29) is 11.2 Å². The summed E-state index contributed by atoms with van der Waals surface area (Å²) >= 11 is 1.47. The predicted octanol–water partition coefficient (Wildman–Crippen LogP) is 1.60. The summed E-state index contributed by atoms with van der Waals surface area (Å²) in [5.74, 6) is 1.17. The minimum absolute atomic E-state index is 0.267. The number of esters is 1. The molecule has 2 N–H and O–H groups in total. The Morgan fingerprint density at radius 1 is 1.47 bits per heavy atom. The Morgan fingerprint density at radius 3 is 2.82 bits per heavy atom. The van der Waals surface area contributed by atoms with Crippen LogP contribution in [0.5, 0.6) is 5.75 Å². The lowest BCUT2D eigenvalue weighted by molar-refractivity contribution is -0.140. The first-order valence-electron chi connectivity index (χ1n) is 5.26. The summed E-state index contributed by atoms with van der Waals surface area (Å²) in [4.78, 5) is 11.7. The molecule has 0 saturated carbocycles. The fraction of sp³-hybridized carbons (Fsp3) is 0.417. The second kappa shape index (κ2) is 7.19. The first-order chi connectivity index (χ1) is 8.22. The summed E-state index contributed by atoms with van der Waals surface area (Å²) in [5, 5.41) is -0.348. The molecule has 0 aromatic heterocycles. The molecule has 4 nitrogen and oxygen atoms in total. The van der Waals surface area contributed by atoms with Gasteiger partial charge in [0.2, 0.25) is 0 Å². The standard InChI is InChI=1S/C12H17NO3S/c1-15-10-5-3-4-9(8-10)11(12(14)16-2)17-7-6-13/h3-5,8,11H,6-7,13H2,1-2H3/t11-/m0/s1. The van der Waals surface area contributed by atoms with Gasteiger partial charge in [-0.25, -0.2) is 0 Å². The highest BCUT2D eigenvalue weighted by Gasteiger charge is 2.21. The van der Waals surface area contributed by atoms with Crippen LogP contribution in [0, 0.1) is 0 Å². The zero-order valence-electron chi connectivity index (χ0n) is 10.0. The molecule has 0 saturated heterocycles. The number of benzene rings is 1. The number of carbonyl (C=O) groups excluding carboxylic acids is 1. The fourth-order valence-corrected chi connectivity index (χ4v) is 2.34. The van der Waals surface area contributed by atoms with Crippen molar-refractivity contribution in [2.75, 3.05) is 26.5 Å². The molecule has 0 unspecified atom stereocenters. The lowest BCUT2D eigenvalue weighted by Crippen LogP contribution is -2.14.